The minimum Gasteiger partial charge on any atom is -0.323 e. The van der Waals surface area contributed by atoms with Crippen LogP contribution in [0.25, 0.3) is 0 Å². The molecule has 0 aromatic rings. The quantitative estimate of drug-likeness (QED) is 0.603. The second-order valence-corrected chi connectivity index (χ2v) is 3.56. The van der Waals surface area contributed by atoms with E-state index in [1.54, 1.807) is 13.8 Å². The van der Waals surface area contributed by atoms with Crippen molar-refractivity contribution < 1.29 is 4.39 Å². The molecule has 54 valence electrons. The SMILES string of the molecule is CC(C)(N)C(F)C1CC1. The molecule has 1 aliphatic carbocycles. The van der Waals surface area contributed by atoms with Crippen LogP contribution >= 0.6 is 0 Å². The third kappa shape index (κ3) is 1.65. The summed E-state index contributed by atoms with van der Waals surface area (Å²) in [4.78, 5) is 0. The molecule has 0 saturated heterocycles. The molecule has 1 rings (SSSR count). The third-order valence-corrected chi connectivity index (χ3v) is 1.75. The van der Waals surface area contributed by atoms with Crippen molar-refractivity contribution in [1.29, 1.82) is 0 Å². The highest BCUT2D eigenvalue weighted by Gasteiger charge is 2.39. The molecule has 1 nitrogen and oxygen atoms in total. The maximum absolute atomic E-state index is 13.0. The smallest absolute Gasteiger partial charge is 0.120 e. The minimum absolute atomic E-state index is 0.269. The number of halogens is 1. The molecule has 1 atom stereocenters. The zero-order valence-electron chi connectivity index (χ0n) is 6.02. The van der Waals surface area contributed by atoms with Crippen LogP contribution in [0.1, 0.15) is 26.7 Å². The first-order valence-corrected chi connectivity index (χ1v) is 3.45. The molecule has 1 unspecified atom stereocenters. The van der Waals surface area contributed by atoms with Gasteiger partial charge in [0, 0.05) is 5.54 Å². The van der Waals surface area contributed by atoms with E-state index in [2.05, 4.69) is 0 Å². The Hall–Kier alpha value is -0.110. The van der Waals surface area contributed by atoms with E-state index in [1.807, 2.05) is 0 Å². The van der Waals surface area contributed by atoms with Crippen LogP contribution in [0.5, 0.6) is 0 Å². The van der Waals surface area contributed by atoms with Crippen LogP contribution in [0, 0.1) is 5.92 Å². The van der Waals surface area contributed by atoms with Gasteiger partial charge in [-0.3, -0.25) is 0 Å². The Morgan fingerprint density at radius 3 is 2.11 bits per heavy atom. The van der Waals surface area contributed by atoms with Crippen LogP contribution in [0.3, 0.4) is 0 Å². The number of rotatable bonds is 2. The summed E-state index contributed by atoms with van der Waals surface area (Å²) >= 11 is 0. The predicted molar refractivity (Wildman–Crippen MR) is 35.9 cm³/mol. The second-order valence-electron chi connectivity index (χ2n) is 3.56. The van der Waals surface area contributed by atoms with Crippen molar-refractivity contribution in [2.75, 3.05) is 0 Å². The third-order valence-electron chi connectivity index (χ3n) is 1.75. The molecule has 0 amide bonds. The van der Waals surface area contributed by atoms with Gasteiger partial charge in [-0.2, -0.15) is 0 Å². The first-order valence-electron chi connectivity index (χ1n) is 3.45. The molecule has 2 heteroatoms. The van der Waals surface area contributed by atoms with Crippen molar-refractivity contribution in [3.8, 4) is 0 Å². The molecule has 0 aromatic carbocycles. The Bertz CT molecular complexity index is 102. The van der Waals surface area contributed by atoms with Gasteiger partial charge in [0.2, 0.25) is 0 Å². The van der Waals surface area contributed by atoms with Crippen LogP contribution in [-0.2, 0) is 0 Å². The molecular weight excluding hydrogens is 117 g/mol. The zero-order valence-corrected chi connectivity index (χ0v) is 6.02. The van der Waals surface area contributed by atoms with Gasteiger partial charge < -0.3 is 5.73 Å². The van der Waals surface area contributed by atoms with E-state index in [0.29, 0.717) is 0 Å². The average molecular weight is 131 g/mol. The van der Waals surface area contributed by atoms with Gasteiger partial charge in [-0.25, -0.2) is 4.39 Å². The van der Waals surface area contributed by atoms with Crippen LogP contribution in [0.2, 0.25) is 0 Å². The lowest BCUT2D eigenvalue weighted by atomic mass is 9.97. The van der Waals surface area contributed by atoms with Gasteiger partial charge in [-0.05, 0) is 32.6 Å². The first kappa shape index (κ1) is 7.00. The van der Waals surface area contributed by atoms with Gasteiger partial charge in [-0.15, -0.1) is 0 Å². The summed E-state index contributed by atoms with van der Waals surface area (Å²) in [6.07, 6.45) is 1.27. The van der Waals surface area contributed by atoms with Crippen LogP contribution in [0.4, 0.5) is 4.39 Å². The van der Waals surface area contributed by atoms with E-state index in [0.717, 1.165) is 12.8 Å². The normalized spacial score (nSPS) is 24.0. The molecule has 1 saturated carbocycles. The standard InChI is InChI=1S/C7H14FN/c1-7(2,9)6(8)5-3-4-5/h5-6H,3-4,9H2,1-2H3. The van der Waals surface area contributed by atoms with Crippen LogP contribution in [-0.4, -0.2) is 11.7 Å². The maximum Gasteiger partial charge on any atom is 0.120 e. The number of nitrogens with two attached hydrogens (primary N) is 1. The van der Waals surface area contributed by atoms with Gasteiger partial charge in [-0.1, -0.05) is 0 Å². The zero-order chi connectivity index (χ0) is 7.07. The topological polar surface area (TPSA) is 26.0 Å². The fourth-order valence-corrected chi connectivity index (χ4v) is 0.996. The Labute approximate surface area is 55.4 Å². The minimum atomic E-state index is -0.794. The van der Waals surface area contributed by atoms with Gasteiger partial charge >= 0.3 is 0 Å². The first-order chi connectivity index (χ1) is 4.02. The van der Waals surface area contributed by atoms with E-state index in [1.165, 1.54) is 0 Å². The second kappa shape index (κ2) is 1.94. The summed E-state index contributed by atoms with van der Waals surface area (Å²) in [6, 6.07) is 0. The Morgan fingerprint density at radius 1 is 1.56 bits per heavy atom. The molecule has 9 heavy (non-hydrogen) atoms. The number of hydrogen-bond acceptors (Lipinski definition) is 1. The lowest BCUT2D eigenvalue weighted by Gasteiger charge is -2.22. The van der Waals surface area contributed by atoms with E-state index in [-0.39, 0.29) is 5.92 Å². The fourth-order valence-electron chi connectivity index (χ4n) is 0.996. The van der Waals surface area contributed by atoms with E-state index >= 15 is 0 Å². The van der Waals surface area contributed by atoms with Gasteiger partial charge in [0.25, 0.3) is 0 Å². The fraction of sp³-hybridized carbons (Fsp3) is 1.00. The molecule has 0 aromatic heterocycles. The molecule has 0 aliphatic heterocycles. The highest BCUT2D eigenvalue weighted by molar-refractivity contribution is 4.93. The van der Waals surface area contributed by atoms with Gasteiger partial charge in [0.15, 0.2) is 0 Å². The molecule has 0 radical (unpaired) electrons. The van der Waals surface area contributed by atoms with Crippen molar-refractivity contribution in [2.45, 2.75) is 38.4 Å². The molecule has 0 spiro atoms. The summed E-state index contributed by atoms with van der Waals surface area (Å²) < 4.78 is 13.0. The summed E-state index contributed by atoms with van der Waals surface area (Å²) in [6.45, 7) is 3.49. The van der Waals surface area contributed by atoms with E-state index < -0.39 is 11.7 Å². The lowest BCUT2D eigenvalue weighted by molar-refractivity contribution is 0.192. The van der Waals surface area contributed by atoms with Crippen molar-refractivity contribution in [2.24, 2.45) is 11.7 Å². The Morgan fingerprint density at radius 2 is 2.00 bits per heavy atom. The molecule has 2 N–H and O–H groups in total. The van der Waals surface area contributed by atoms with Gasteiger partial charge in [0.1, 0.15) is 6.17 Å². The summed E-state index contributed by atoms with van der Waals surface area (Å²) in [5.41, 5.74) is 4.92. The largest absolute Gasteiger partial charge is 0.323 e. The van der Waals surface area contributed by atoms with E-state index in [4.69, 9.17) is 5.73 Å². The maximum atomic E-state index is 13.0. The number of hydrogen-bond donors (Lipinski definition) is 1. The van der Waals surface area contributed by atoms with Crippen molar-refractivity contribution in [3.63, 3.8) is 0 Å². The molecule has 0 heterocycles. The molecule has 1 aliphatic rings. The Balaban J connectivity index is 2.40. The summed E-state index contributed by atoms with van der Waals surface area (Å²) in [5, 5.41) is 0. The lowest BCUT2D eigenvalue weighted by Crippen LogP contribution is -2.43. The van der Waals surface area contributed by atoms with Crippen LogP contribution < -0.4 is 5.73 Å². The van der Waals surface area contributed by atoms with Crippen molar-refractivity contribution in [1.82, 2.24) is 0 Å². The van der Waals surface area contributed by atoms with Crippen molar-refractivity contribution >= 4 is 0 Å². The highest BCUT2D eigenvalue weighted by Crippen LogP contribution is 2.38. The van der Waals surface area contributed by atoms with E-state index in [9.17, 15) is 4.39 Å². The molecule has 1 fully saturated rings. The highest BCUT2D eigenvalue weighted by atomic mass is 19.1. The summed E-state index contributed by atoms with van der Waals surface area (Å²) in [5.74, 6) is 0.269. The number of alkyl halides is 1. The predicted octanol–water partition coefficient (Wildman–Crippen LogP) is 1.47. The monoisotopic (exact) mass is 131 g/mol. The van der Waals surface area contributed by atoms with Gasteiger partial charge in [0.05, 0.1) is 0 Å². The average Bonchev–Trinajstić information content (AvgIpc) is 2.40. The molecule has 0 bridgehead atoms. The van der Waals surface area contributed by atoms with Crippen LogP contribution in [0.15, 0.2) is 0 Å². The Kier molecular flexibility index (Phi) is 1.51. The molecular formula is C7H14FN. The van der Waals surface area contributed by atoms with Crippen molar-refractivity contribution in [3.05, 3.63) is 0 Å². The summed E-state index contributed by atoms with van der Waals surface area (Å²) in [7, 11) is 0.